The molecule has 3 heterocycles. The monoisotopic (exact) mass is 467 g/mol. The second-order valence-electron chi connectivity index (χ2n) is 7.85. The van der Waals surface area contributed by atoms with E-state index in [1.165, 1.54) is 11.8 Å². The quantitative estimate of drug-likeness (QED) is 0.365. The summed E-state index contributed by atoms with van der Waals surface area (Å²) in [5.41, 5.74) is 1.53. The van der Waals surface area contributed by atoms with Gasteiger partial charge in [0.15, 0.2) is 28.3 Å². The Balaban J connectivity index is 1.35. The van der Waals surface area contributed by atoms with Gasteiger partial charge in [0.1, 0.15) is 19.0 Å². The Morgan fingerprint density at radius 2 is 1.91 bits per heavy atom. The highest BCUT2D eigenvalue weighted by Crippen LogP contribution is 2.32. The van der Waals surface area contributed by atoms with Crippen molar-refractivity contribution in [3.63, 3.8) is 0 Å². The molecule has 2 aromatic carbocycles. The van der Waals surface area contributed by atoms with E-state index in [0.717, 1.165) is 36.6 Å². The van der Waals surface area contributed by atoms with Crippen LogP contribution in [0.2, 0.25) is 0 Å². The zero-order chi connectivity index (χ0) is 22.6. The first-order valence-electron chi connectivity index (χ1n) is 11.0. The van der Waals surface area contributed by atoms with Crippen LogP contribution < -0.4 is 14.2 Å². The van der Waals surface area contributed by atoms with Gasteiger partial charge in [0, 0.05) is 17.7 Å². The highest BCUT2D eigenvalue weighted by molar-refractivity contribution is 7.99. The Bertz CT molecular complexity index is 1130. The average molecular weight is 468 g/mol. The predicted octanol–water partition coefficient (Wildman–Crippen LogP) is 3.88. The van der Waals surface area contributed by atoms with Crippen molar-refractivity contribution in [2.75, 3.05) is 32.7 Å². The van der Waals surface area contributed by atoms with Crippen LogP contribution in [-0.2, 0) is 11.3 Å². The molecule has 0 spiro atoms. The van der Waals surface area contributed by atoms with Crippen molar-refractivity contribution in [2.24, 2.45) is 0 Å². The van der Waals surface area contributed by atoms with E-state index in [2.05, 4.69) is 14.8 Å². The lowest BCUT2D eigenvalue weighted by Crippen LogP contribution is -2.17. The van der Waals surface area contributed by atoms with Gasteiger partial charge in [-0.05, 0) is 55.3 Å². The molecule has 3 aromatic rings. The molecule has 1 unspecified atom stereocenters. The Hall–Kier alpha value is -3.04. The Labute approximate surface area is 196 Å². The normalized spacial score (nSPS) is 17.2. The van der Waals surface area contributed by atoms with Gasteiger partial charge in [-0.1, -0.05) is 11.8 Å². The van der Waals surface area contributed by atoms with Crippen LogP contribution in [0.3, 0.4) is 0 Å². The second-order valence-corrected chi connectivity index (χ2v) is 8.79. The third kappa shape index (κ3) is 4.84. The maximum atomic E-state index is 12.9. The summed E-state index contributed by atoms with van der Waals surface area (Å²) in [6, 6.07) is 13.0. The Kier molecular flexibility index (Phi) is 6.50. The fraction of sp³-hybridized carbons (Fsp3) is 0.375. The van der Waals surface area contributed by atoms with Crippen molar-refractivity contribution in [3.8, 4) is 28.6 Å². The van der Waals surface area contributed by atoms with Gasteiger partial charge in [0.2, 0.25) is 0 Å². The molecule has 0 radical (unpaired) electrons. The molecular formula is C24H25N3O5S. The summed E-state index contributed by atoms with van der Waals surface area (Å²) in [5.74, 6) is 3.05. The van der Waals surface area contributed by atoms with E-state index in [1.54, 1.807) is 25.3 Å². The zero-order valence-electron chi connectivity index (χ0n) is 18.4. The van der Waals surface area contributed by atoms with E-state index in [4.69, 9.17) is 18.9 Å². The summed E-state index contributed by atoms with van der Waals surface area (Å²) in [6.07, 6.45) is 2.17. The summed E-state index contributed by atoms with van der Waals surface area (Å²) >= 11 is 1.38. The van der Waals surface area contributed by atoms with Gasteiger partial charge in [-0.2, -0.15) is 0 Å². The highest BCUT2D eigenvalue weighted by atomic mass is 32.2. The molecule has 1 atom stereocenters. The number of methoxy groups -OCH3 is 1. The van der Waals surface area contributed by atoms with Gasteiger partial charge < -0.3 is 18.9 Å². The minimum Gasteiger partial charge on any atom is -0.497 e. The number of nitrogens with zero attached hydrogens (tertiary/aromatic N) is 3. The Morgan fingerprint density at radius 1 is 1.09 bits per heavy atom. The molecule has 172 valence electrons. The molecule has 33 heavy (non-hydrogen) atoms. The number of Topliss-reactive ketones (excluding diaryl/α,β-unsaturated/α-hetero) is 1. The van der Waals surface area contributed by atoms with Crippen LogP contribution in [0.1, 0.15) is 23.2 Å². The molecule has 2 aliphatic heterocycles. The molecule has 0 bridgehead atoms. The predicted molar refractivity (Wildman–Crippen MR) is 123 cm³/mol. The summed E-state index contributed by atoms with van der Waals surface area (Å²) in [7, 11) is 1.64. The van der Waals surface area contributed by atoms with Crippen LogP contribution in [-0.4, -0.2) is 59.3 Å². The number of fused-ring (bicyclic) bond motifs is 1. The number of rotatable bonds is 8. The number of hydrogen-bond donors (Lipinski definition) is 0. The maximum Gasteiger partial charge on any atom is 0.192 e. The lowest BCUT2D eigenvalue weighted by molar-refractivity contribution is 0.0953. The van der Waals surface area contributed by atoms with Gasteiger partial charge in [0.25, 0.3) is 0 Å². The minimum absolute atomic E-state index is 0.00497. The van der Waals surface area contributed by atoms with Gasteiger partial charge in [-0.15, -0.1) is 10.2 Å². The smallest absolute Gasteiger partial charge is 0.192 e. The number of aromatic nitrogens is 3. The lowest BCUT2D eigenvalue weighted by Gasteiger charge is -2.18. The molecule has 1 saturated heterocycles. The lowest BCUT2D eigenvalue weighted by atomic mass is 10.1. The molecule has 1 fully saturated rings. The van der Waals surface area contributed by atoms with Crippen molar-refractivity contribution in [1.29, 1.82) is 0 Å². The molecule has 0 aliphatic carbocycles. The summed E-state index contributed by atoms with van der Waals surface area (Å²) < 4.78 is 24.3. The molecular weight excluding hydrogens is 442 g/mol. The van der Waals surface area contributed by atoms with E-state index < -0.39 is 0 Å². The molecule has 2 aliphatic rings. The zero-order valence-corrected chi connectivity index (χ0v) is 19.2. The summed E-state index contributed by atoms with van der Waals surface area (Å²) in [5, 5.41) is 9.54. The molecule has 0 N–H and O–H groups in total. The van der Waals surface area contributed by atoms with Gasteiger partial charge in [-0.25, -0.2) is 0 Å². The van der Waals surface area contributed by atoms with Crippen molar-refractivity contribution in [2.45, 2.75) is 30.6 Å². The van der Waals surface area contributed by atoms with E-state index in [1.807, 2.05) is 24.3 Å². The van der Waals surface area contributed by atoms with Crippen molar-refractivity contribution >= 4 is 17.5 Å². The van der Waals surface area contributed by atoms with Gasteiger partial charge in [0.05, 0.1) is 25.5 Å². The SMILES string of the molecule is COc1ccc(-c2nnc(SCC(=O)c3ccc4c(c3)OCCO4)n2CC2CCCO2)cc1. The topological polar surface area (TPSA) is 84.7 Å². The van der Waals surface area contributed by atoms with Crippen LogP contribution in [0.25, 0.3) is 11.4 Å². The average Bonchev–Trinajstić information content (AvgIpc) is 3.52. The first-order chi connectivity index (χ1) is 16.2. The number of benzene rings is 2. The van der Waals surface area contributed by atoms with Crippen molar-refractivity contribution in [3.05, 3.63) is 48.0 Å². The molecule has 0 saturated carbocycles. The largest absolute Gasteiger partial charge is 0.497 e. The summed E-state index contributed by atoms with van der Waals surface area (Å²) in [6.45, 7) is 2.43. The highest BCUT2D eigenvalue weighted by Gasteiger charge is 2.23. The third-order valence-corrected chi connectivity index (χ3v) is 6.64. The van der Waals surface area contributed by atoms with Gasteiger partial charge >= 0.3 is 0 Å². The standard InChI is InChI=1S/C24H25N3O5S/c1-29-18-7-4-16(5-8-18)23-25-26-24(27(23)14-19-3-2-10-30-19)33-15-20(28)17-6-9-21-22(13-17)32-12-11-31-21/h4-9,13,19H,2-3,10-12,14-15H2,1H3. The third-order valence-electron chi connectivity index (χ3n) is 5.67. The van der Waals surface area contributed by atoms with Crippen LogP contribution in [0.5, 0.6) is 17.2 Å². The van der Waals surface area contributed by atoms with Crippen LogP contribution in [0.15, 0.2) is 47.6 Å². The van der Waals surface area contributed by atoms with Crippen LogP contribution in [0, 0.1) is 0 Å². The molecule has 5 rings (SSSR count). The number of ketones is 1. The minimum atomic E-state index is -0.00497. The number of carbonyl (C=O) groups excluding carboxylic acids is 1. The number of thioether (sulfide) groups is 1. The maximum absolute atomic E-state index is 12.9. The summed E-state index contributed by atoms with van der Waals surface area (Å²) in [4.78, 5) is 12.9. The first-order valence-corrected chi connectivity index (χ1v) is 11.9. The first kappa shape index (κ1) is 21.8. The number of hydrogen-bond acceptors (Lipinski definition) is 8. The van der Waals surface area contributed by atoms with Gasteiger partial charge in [-0.3, -0.25) is 9.36 Å². The fourth-order valence-corrected chi connectivity index (χ4v) is 4.78. The van der Waals surface area contributed by atoms with E-state index in [-0.39, 0.29) is 17.6 Å². The fourth-order valence-electron chi connectivity index (χ4n) is 3.94. The van der Waals surface area contributed by atoms with E-state index in [0.29, 0.717) is 42.0 Å². The molecule has 0 amide bonds. The number of carbonyl (C=O) groups is 1. The number of ether oxygens (including phenoxy) is 4. The Morgan fingerprint density at radius 3 is 2.67 bits per heavy atom. The molecule has 1 aromatic heterocycles. The van der Waals surface area contributed by atoms with E-state index >= 15 is 0 Å². The van der Waals surface area contributed by atoms with Crippen LogP contribution in [0.4, 0.5) is 0 Å². The molecule has 9 heteroatoms. The van der Waals surface area contributed by atoms with Crippen molar-refractivity contribution in [1.82, 2.24) is 14.8 Å². The van der Waals surface area contributed by atoms with E-state index in [9.17, 15) is 4.79 Å². The molecule has 8 nitrogen and oxygen atoms in total. The second kappa shape index (κ2) is 9.84. The van der Waals surface area contributed by atoms with Crippen LogP contribution >= 0.6 is 11.8 Å². The van der Waals surface area contributed by atoms with Crippen molar-refractivity contribution < 1.29 is 23.7 Å².